The minimum atomic E-state index is -4.19. The van der Waals surface area contributed by atoms with Crippen molar-refractivity contribution in [1.29, 1.82) is 0 Å². The summed E-state index contributed by atoms with van der Waals surface area (Å²) in [4.78, 5) is 14.8. The summed E-state index contributed by atoms with van der Waals surface area (Å²) >= 11 is 0. The normalized spacial score (nSPS) is 40.0. The number of fused-ring (bicyclic) bond motifs is 5. The second kappa shape index (κ2) is 11.3. The van der Waals surface area contributed by atoms with Crippen molar-refractivity contribution in [1.82, 2.24) is 0 Å². The van der Waals surface area contributed by atoms with Gasteiger partial charge in [0.2, 0.25) is 5.91 Å². The lowest BCUT2D eigenvalue weighted by molar-refractivity contribution is -0.174. The van der Waals surface area contributed by atoms with Crippen molar-refractivity contribution >= 4 is 21.7 Å². The molecule has 4 saturated carbocycles. The van der Waals surface area contributed by atoms with Crippen molar-refractivity contribution in [2.75, 3.05) is 17.2 Å². The topological polar surface area (TPSA) is 115 Å². The summed E-state index contributed by atoms with van der Waals surface area (Å²) in [5.74, 6) is 2.14. The number of carbonyl (C=O) groups excluding carboxylic acids is 1. The molecule has 224 valence electrons. The number of benzene rings is 1. The number of rotatable bonds is 8. The number of aliphatic hydroxyl groups excluding tert-OH is 2. The molecule has 3 N–H and O–H groups in total. The molecule has 0 aromatic heterocycles. The molecule has 0 bridgehead atoms. The molecule has 4 fully saturated rings. The lowest BCUT2D eigenvalue weighted by Gasteiger charge is -2.62. The fourth-order valence-corrected chi connectivity index (χ4v) is 10.5. The van der Waals surface area contributed by atoms with Gasteiger partial charge in [-0.25, -0.2) is 0 Å². The van der Waals surface area contributed by atoms with E-state index in [1.165, 1.54) is 17.7 Å². The van der Waals surface area contributed by atoms with E-state index in [4.69, 9.17) is 0 Å². The predicted molar refractivity (Wildman–Crippen MR) is 156 cm³/mol. The van der Waals surface area contributed by atoms with Crippen LogP contribution in [-0.2, 0) is 14.9 Å². The van der Waals surface area contributed by atoms with Crippen molar-refractivity contribution in [2.45, 2.75) is 97.2 Å². The van der Waals surface area contributed by atoms with Crippen molar-refractivity contribution in [2.24, 2.45) is 46.3 Å². The van der Waals surface area contributed by atoms with Gasteiger partial charge in [-0.2, -0.15) is 8.42 Å². The van der Waals surface area contributed by atoms with E-state index in [0.717, 1.165) is 38.5 Å². The fraction of sp³-hybridized carbons (Fsp3) is 0.781. The number of anilines is 1. The molecule has 0 spiro atoms. The Hall–Kier alpha value is -1.48. The smallest absolute Gasteiger partial charge is 0.266 e. The van der Waals surface area contributed by atoms with Gasteiger partial charge in [0.15, 0.2) is 0 Å². The van der Waals surface area contributed by atoms with Gasteiger partial charge in [0.1, 0.15) is 0 Å². The average Bonchev–Trinajstić information content (AvgIpc) is 3.27. The number of para-hydroxylation sites is 1. The molecule has 5 rings (SSSR count). The Kier molecular flexibility index (Phi) is 8.48. The molecule has 8 heteroatoms. The standard InChI is InChI=1S/C32H49NO6S/c1-21(9-14-30(36)33(17-18-40(37,38)39)23-7-5-4-6-8-23)26-12-13-27-25-11-10-22-19-24(34)15-16-31(22,2)28(25)20-29(35)32(26,27)3/h4-8,21-22,24-29,34-35H,9-20H2,1-3H3,(H,37,38,39)/t21-,22-,24-,25+,26-,27+,28+,29+,31+,32-/m1/s1. The number of carbonyl (C=O) groups is 1. The Bertz CT molecular complexity index is 1160. The Morgan fingerprint density at radius 3 is 2.45 bits per heavy atom. The quantitative estimate of drug-likeness (QED) is 0.362. The molecule has 4 aliphatic carbocycles. The first-order valence-corrected chi connectivity index (χ1v) is 17.1. The predicted octanol–water partition coefficient (Wildman–Crippen LogP) is 5.31. The van der Waals surface area contributed by atoms with E-state index in [9.17, 15) is 28.0 Å². The zero-order valence-corrected chi connectivity index (χ0v) is 25.2. The second-order valence-electron chi connectivity index (χ2n) is 14.1. The Morgan fingerprint density at radius 1 is 1.02 bits per heavy atom. The van der Waals surface area contributed by atoms with Gasteiger partial charge >= 0.3 is 0 Å². The monoisotopic (exact) mass is 575 g/mol. The van der Waals surface area contributed by atoms with E-state index in [1.54, 1.807) is 12.1 Å². The molecule has 1 aromatic rings. The van der Waals surface area contributed by atoms with Crippen LogP contribution >= 0.6 is 0 Å². The summed E-state index contributed by atoms with van der Waals surface area (Å²) < 4.78 is 32.1. The number of hydrogen-bond donors (Lipinski definition) is 3. The lowest BCUT2D eigenvalue weighted by Crippen LogP contribution is -2.58. The molecular weight excluding hydrogens is 526 g/mol. The van der Waals surface area contributed by atoms with E-state index < -0.39 is 15.9 Å². The molecule has 0 aliphatic heterocycles. The lowest BCUT2D eigenvalue weighted by atomic mass is 9.43. The highest BCUT2D eigenvalue weighted by molar-refractivity contribution is 7.85. The Balaban J connectivity index is 1.27. The molecule has 0 saturated heterocycles. The molecule has 1 amide bonds. The van der Waals surface area contributed by atoms with Crippen LogP contribution in [-0.4, -0.2) is 53.6 Å². The molecular formula is C32H49NO6S. The summed E-state index contributed by atoms with van der Waals surface area (Å²) in [6.45, 7) is 6.89. The maximum atomic E-state index is 13.4. The van der Waals surface area contributed by atoms with E-state index in [2.05, 4.69) is 20.8 Å². The van der Waals surface area contributed by atoms with Gasteiger partial charge in [0.05, 0.1) is 18.0 Å². The minimum Gasteiger partial charge on any atom is -0.393 e. The van der Waals surface area contributed by atoms with Gasteiger partial charge < -0.3 is 15.1 Å². The van der Waals surface area contributed by atoms with E-state index in [-0.39, 0.29) is 41.4 Å². The second-order valence-corrected chi connectivity index (χ2v) is 15.6. The van der Waals surface area contributed by atoms with Gasteiger partial charge in [-0.05, 0) is 116 Å². The van der Waals surface area contributed by atoms with Crippen molar-refractivity contribution < 1.29 is 28.0 Å². The van der Waals surface area contributed by atoms with Crippen LogP contribution in [0.5, 0.6) is 0 Å². The van der Waals surface area contributed by atoms with E-state index in [0.29, 0.717) is 48.1 Å². The largest absolute Gasteiger partial charge is 0.393 e. The van der Waals surface area contributed by atoms with E-state index in [1.807, 2.05) is 18.2 Å². The van der Waals surface area contributed by atoms with Crippen molar-refractivity contribution in [3.8, 4) is 0 Å². The third-order valence-electron chi connectivity index (χ3n) is 12.3. The SMILES string of the molecule is C[C@H](CCC(=O)N(CCS(=O)(=O)O)c1ccccc1)[C@H]1CC[C@H]2[C@@H]3CC[C@@H]4C[C@H](O)CC[C@]4(C)[C@H]3C[C@H](O)[C@]12C. The maximum Gasteiger partial charge on any atom is 0.266 e. The molecule has 40 heavy (non-hydrogen) atoms. The van der Waals surface area contributed by atoms with Crippen LogP contribution in [0.15, 0.2) is 30.3 Å². The maximum absolute atomic E-state index is 13.4. The first kappa shape index (κ1) is 30.0. The Labute approximate surface area is 240 Å². The molecule has 1 aromatic carbocycles. The summed E-state index contributed by atoms with van der Waals surface area (Å²) in [6, 6.07) is 9.03. The summed E-state index contributed by atoms with van der Waals surface area (Å²) in [7, 11) is -4.19. The summed E-state index contributed by atoms with van der Waals surface area (Å²) in [6.07, 6.45) is 8.74. The highest BCUT2D eigenvalue weighted by atomic mass is 32.2. The third kappa shape index (κ3) is 5.50. The highest BCUT2D eigenvalue weighted by Crippen LogP contribution is 2.68. The first-order chi connectivity index (χ1) is 18.8. The van der Waals surface area contributed by atoms with Crippen LogP contribution < -0.4 is 4.90 Å². The van der Waals surface area contributed by atoms with E-state index >= 15 is 0 Å². The van der Waals surface area contributed by atoms with Crippen LogP contribution in [0.3, 0.4) is 0 Å². The first-order valence-electron chi connectivity index (χ1n) is 15.5. The van der Waals surface area contributed by atoms with Crippen LogP contribution in [0.4, 0.5) is 5.69 Å². The summed E-state index contributed by atoms with van der Waals surface area (Å²) in [5, 5.41) is 22.1. The summed E-state index contributed by atoms with van der Waals surface area (Å²) in [5.41, 5.74) is 0.680. The molecule has 0 unspecified atom stereocenters. The zero-order valence-electron chi connectivity index (χ0n) is 24.4. The molecule has 10 atom stereocenters. The van der Waals surface area contributed by atoms with Gasteiger partial charge in [0.25, 0.3) is 10.1 Å². The van der Waals surface area contributed by atoms with Gasteiger partial charge in [-0.15, -0.1) is 0 Å². The van der Waals surface area contributed by atoms with Gasteiger partial charge in [0, 0.05) is 18.7 Å². The van der Waals surface area contributed by atoms with Crippen LogP contribution in [0.1, 0.15) is 85.0 Å². The average molecular weight is 576 g/mol. The minimum absolute atomic E-state index is 0.0855. The third-order valence-corrected chi connectivity index (χ3v) is 13.0. The van der Waals surface area contributed by atoms with Gasteiger partial charge in [-0.1, -0.05) is 39.0 Å². The van der Waals surface area contributed by atoms with Gasteiger partial charge in [-0.3, -0.25) is 9.35 Å². The zero-order chi connectivity index (χ0) is 28.9. The number of aliphatic hydroxyl groups is 2. The highest BCUT2D eigenvalue weighted by Gasteiger charge is 2.63. The molecule has 0 heterocycles. The van der Waals surface area contributed by atoms with Crippen molar-refractivity contribution in [3.63, 3.8) is 0 Å². The van der Waals surface area contributed by atoms with Crippen molar-refractivity contribution in [3.05, 3.63) is 30.3 Å². The van der Waals surface area contributed by atoms with Crippen LogP contribution in [0.2, 0.25) is 0 Å². The van der Waals surface area contributed by atoms with Crippen LogP contribution in [0, 0.1) is 46.3 Å². The van der Waals surface area contributed by atoms with Crippen LogP contribution in [0.25, 0.3) is 0 Å². The number of hydrogen-bond acceptors (Lipinski definition) is 5. The number of nitrogens with zero attached hydrogens (tertiary/aromatic N) is 1. The molecule has 7 nitrogen and oxygen atoms in total. The molecule has 4 aliphatic rings. The molecule has 0 radical (unpaired) electrons. The fourth-order valence-electron chi connectivity index (χ4n) is 10.1. The number of amides is 1. The Morgan fingerprint density at radius 2 is 1.75 bits per heavy atom.